The lowest BCUT2D eigenvalue weighted by Crippen LogP contribution is -2.23. The Morgan fingerprint density at radius 2 is 2.20 bits per heavy atom. The number of nitrogens with one attached hydrogen (secondary N) is 2. The smallest absolute Gasteiger partial charge is 0.251 e. The van der Waals surface area contributed by atoms with Gasteiger partial charge in [0.05, 0.1) is 27.8 Å². The molecular formula is C16H16N4O3S2. The van der Waals surface area contributed by atoms with E-state index >= 15 is 0 Å². The number of H-pyrrole nitrogens is 1. The summed E-state index contributed by atoms with van der Waals surface area (Å²) in [7, 11) is 1.53. The second kappa shape index (κ2) is 7.77. The maximum Gasteiger partial charge on any atom is 0.251 e. The number of hydrogen-bond acceptors (Lipinski definition) is 7. The predicted molar refractivity (Wildman–Crippen MR) is 99.1 cm³/mol. The Morgan fingerprint density at radius 3 is 2.96 bits per heavy atom. The van der Waals surface area contributed by atoms with Crippen LogP contribution in [0.4, 0.5) is 5.13 Å². The summed E-state index contributed by atoms with van der Waals surface area (Å²) in [5.41, 5.74) is 1.09. The number of ether oxygens (including phenoxy) is 1. The first-order chi connectivity index (χ1) is 12.0. The number of nitrogens with zero attached hydrogens (tertiary/aromatic N) is 2. The fraction of sp³-hybridized carbons (Fsp3) is 0.250. The van der Waals surface area contributed by atoms with E-state index in [0.717, 1.165) is 10.2 Å². The Labute approximate surface area is 151 Å². The predicted octanol–water partition coefficient (Wildman–Crippen LogP) is 2.65. The first kappa shape index (κ1) is 17.6. The van der Waals surface area contributed by atoms with Gasteiger partial charge in [-0.25, -0.2) is 9.97 Å². The molecule has 130 valence electrons. The first-order valence-electron chi connectivity index (χ1n) is 7.47. The number of fused-ring (bicyclic) bond motifs is 1. The monoisotopic (exact) mass is 376 g/mol. The summed E-state index contributed by atoms with van der Waals surface area (Å²) in [6.07, 6.45) is 0. The number of para-hydroxylation sites is 1. The highest BCUT2D eigenvalue weighted by atomic mass is 32.2. The van der Waals surface area contributed by atoms with Gasteiger partial charge in [-0.15, -0.1) is 0 Å². The maximum atomic E-state index is 12.4. The number of thioether (sulfide) groups is 1. The zero-order chi connectivity index (χ0) is 17.8. The van der Waals surface area contributed by atoms with Crippen molar-refractivity contribution in [1.82, 2.24) is 15.0 Å². The Hall–Kier alpha value is -2.23. The minimum Gasteiger partial charge on any atom is -0.378 e. The molecule has 0 saturated carbocycles. The molecule has 1 atom stereocenters. The largest absolute Gasteiger partial charge is 0.378 e. The number of aromatic amines is 1. The molecule has 0 spiro atoms. The van der Waals surface area contributed by atoms with Crippen LogP contribution >= 0.6 is 23.1 Å². The molecule has 1 aromatic carbocycles. The van der Waals surface area contributed by atoms with Crippen molar-refractivity contribution in [3.8, 4) is 0 Å². The third-order valence-electron chi connectivity index (χ3n) is 3.25. The molecule has 0 radical (unpaired) electrons. The van der Waals surface area contributed by atoms with Crippen LogP contribution in [0, 0.1) is 0 Å². The minimum atomic E-state index is -0.451. The third-order valence-corrected chi connectivity index (χ3v) is 5.18. The van der Waals surface area contributed by atoms with Crippen LogP contribution in [-0.4, -0.2) is 33.2 Å². The first-order valence-corrected chi connectivity index (χ1v) is 9.17. The van der Waals surface area contributed by atoms with Gasteiger partial charge in [-0.2, -0.15) is 0 Å². The van der Waals surface area contributed by atoms with Gasteiger partial charge in [-0.05, 0) is 19.1 Å². The number of methoxy groups -OCH3 is 1. The van der Waals surface area contributed by atoms with Crippen molar-refractivity contribution in [2.45, 2.75) is 23.9 Å². The normalized spacial score (nSPS) is 12.2. The van der Waals surface area contributed by atoms with Crippen LogP contribution < -0.4 is 10.9 Å². The summed E-state index contributed by atoms with van der Waals surface area (Å²) in [6, 6.07) is 9.06. The number of rotatable bonds is 6. The van der Waals surface area contributed by atoms with Gasteiger partial charge < -0.3 is 15.0 Å². The van der Waals surface area contributed by atoms with Gasteiger partial charge in [0.25, 0.3) is 5.56 Å². The zero-order valence-corrected chi connectivity index (χ0v) is 15.2. The van der Waals surface area contributed by atoms with Crippen LogP contribution in [0.2, 0.25) is 0 Å². The van der Waals surface area contributed by atoms with Gasteiger partial charge in [-0.1, -0.05) is 35.2 Å². The molecule has 3 rings (SSSR count). The number of carbonyl (C=O) groups excluding carboxylic acids is 1. The van der Waals surface area contributed by atoms with Crippen LogP contribution in [-0.2, 0) is 16.1 Å². The average Bonchev–Trinajstić information content (AvgIpc) is 2.96. The van der Waals surface area contributed by atoms with Gasteiger partial charge in [-0.3, -0.25) is 9.59 Å². The van der Waals surface area contributed by atoms with Crippen LogP contribution in [0.15, 0.2) is 40.3 Å². The topological polar surface area (TPSA) is 97.0 Å². The molecule has 25 heavy (non-hydrogen) atoms. The summed E-state index contributed by atoms with van der Waals surface area (Å²) in [5, 5.41) is 3.29. The molecule has 2 aromatic heterocycles. The SMILES string of the molecule is COCc1cc(=O)[nH]c(SC(C)C(=O)Nc2nc3ccccc3s2)n1. The number of aromatic nitrogens is 3. The quantitative estimate of drug-likeness (QED) is 0.507. The Morgan fingerprint density at radius 1 is 1.40 bits per heavy atom. The Balaban J connectivity index is 1.69. The lowest BCUT2D eigenvalue weighted by atomic mass is 10.3. The van der Waals surface area contributed by atoms with Crippen LogP contribution in [0.25, 0.3) is 10.2 Å². The standard InChI is InChI=1S/C16H16N4O3S2/c1-9(24-15-17-10(8-23-2)7-13(21)19-15)14(22)20-16-18-11-5-3-4-6-12(11)25-16/h3-7,9H,8H2,1-2H3,(H,17,19,21)(H,18,20,22). The average molecular weight is 376 g/mol. The lowest BCUT2D eigenvalue weighted by Gasteiger charge is -2.10. The third kappa shape index (κ3) is 4.44. The molecule has 3 aromatic rings. The number of anilines is 1. The molecule has 0 bridgehead atoms. The highest BCUT2D eigenvalue weighted by molar-refractivity contribution is 8.00. The number of amides is 1. The van der Waals surface area contributed by atoms with E-state index in [-0.39, 0.29) is 18.1 Å². The van der Waals surface area contributed by atoms with Crippen LogP contribution in [0.3, 0.4) is 0 Å². The van der Waals surface area contributed by atoms with Crippen LogP contribution in [0.5, 0.6) is 0 Å². The van der Waals surface area contributed by atoms with Crippen molar-refractivity contribution >= 4 is 44.4 Å². The molecule has 0 aliphatic rings. The number of carbonyl (C=O) groups is 1. The molecule has 9 heteroatoms. The van der Waals surface area contributed by atoms with E-state index < -0.39 is 5.25 Å². The van der Waals surface area contributed by atoms with Crippen LogP contribution in [0.1, 0.15) is 12.6 Å². The Kier molecular flexibility index (Phi) is 5.47. The highest BCUT2D eigenvalue weighted by Crippen LogP contribution is 2.26. The fourth-order valence-corrected chi connectivity index (χ4v) is 3.81. The minimum absolute atomic E-state index is 0.205. The van der Waals surface area contributed by atoms with E-state index in [2.05, 4.69) is 20.3 Å². The van der Waals surface area contributed by atoms with E-state index in [0.29, 0.717) is 16.0 Å². The second-order valence-electron chi connectivity index (χ2n) is 5.21. The molecule has 2 heterocycles. The van der Waals surface area contributed by atoms with Gasteiger partial charge in [0, 0.05) is 13.2 Å². The summed E-state index contributed by atoms with van der Waals surface area (Å²) in [5.74, 6) is -0.205. The summed E-state index contributed by atoms with van der Waals surface area (Å²) in [6.45, 7) is 1.99. The summed E-state index contributed by atoms with van der Waals surface area (Å²) in [4.78, 5) is 35.3. The lowest BCUT2D eigenvalue weighted by molar-refractivity contribution is -0.115. The van der Waals surface area contributed by atoms with E-state index in [4.69, 9.17) is 4.74 Å². The summed E-state index contributed by atoms with van der Waals surface area (Å²) >= 11 is 2.59. The van der Waals surface area contributed by atoms with Gasteiger partial charge in [0.1, 0.15) is 0 Å². The van der Waals surface area contributed by atoms with Crippen molar-refractivity contribution < 1.29 is 9.53 Å². The fourth-order valence-electron chi connectivity index (χ4n) is 2.11. The van der Waals surface area contributed by atoms with Gasteiger partial charge >= 0.3 is 0 Å². The van der Waals surface area contributed by atoms with E-state index in [1.54, 1.807) is 6.92 Å². The van der Waals surface area contributed by atoms with E-state index in [1.807, 2.05) is 24.3 Å². The molecule has 0 fully saturated rings. The number of benzene rings is 1. The summed E-state index contributed by atoms with van der Waals surface area (Å²) < 4.78 is 6.00. The Bertz CT molecular complexity index is 921. The van der Waals surface area contributed by atoms with Gasteiger partial charge in [0.15, 0.2) is 10.3 Å². The zero-order valence-electron chi connectivity index (χ0n) is 13.6. The van der Waals surface area contributed by atoms with Crippen molar-refractivity contribution in [1.29, 1.82) is 0 Å². The molecule has 0 aliphatic heterocycles. The molecular weight excluding hydrogens is 360 g/mol. The van der Waals surface area contributed by atoms with E-state index in [9.17, 15) is 9.59 Å². The van der Waals surface area contributed by atoms with Crippen molar-refractivity contribution in [2.75, 3.05) is 12.4 Å². The van der Waals surface area contributed by atoms with Crippen molar-refractivity contribution in [3.05, 3.63) is 46.4 Å². The highest BCUT2D eigenvalue weighted by Gasteiger charge is 2.18. The molecule has 2 N–H and O–H groups in total. The molecule has 7 nitrogen and oxygen atoms in total. The number of hydrogen-bond donors (Lipinski definition) is 2. The number of thiazole rings is 1. The maximum absolute atomic E-state index is 12.4. The van der Waals surface area contributed by atoms with Crippen molar-refractivity contribution in [2.24, 2.45) is 0 Å². The molecule has 1 unspecified atom stereocenters. The molecule has 0 saturated heterocycles. The molecule has 1 amide bonds. The second-order valence-corrected chi connectivity index (χ2v) is 7.57. The van der Waals surface area contributed by atoms with Gasteiger partial charge in [0.2, 0.25) is 5.91 Å². The molecule has 0 aliphatic carbocycles. The van der Waals surface area contributed by atoms with E-state index in [1.165, 1.54) is 36.3 Å². The van der Waals surface area contributed by atoms with Crippen molar-refractivity contribution in [3.63, 3.8) is 0 Å².